The van der Waals surface area contributed by atoms with E-state index in [2.05, 4.69) is 36.9 Å². The minimum Gasteiger partial charge on any atom is -0.454 e. The average Bonchev–Trinajstić information content (AvgIpc) is 3.02. The van der Waals surface area contributed by atoms with Gasteiger partial charge in [-0.3, -0.25) is 4.79 Å². The van der Waals surface area contributed by atoms with Gasteiger partial charge in [0, 0.05) is 25.7 Å². The van der Waals surface area contributed by atoms with Crippen molar-refractivity contribution in [3.05, 3.63) is 90.0 Å². The number of ether oxygens (including phenoxy) is 1. The molecule has 2 unspecified atom stereocenters. The number of piperazine rings is 1. The lowest BCUT2D eigenvalue weighted by Crippen LogP contribution is -2.56. The van der Waals surface area contributed by atoms with Crippen molar-refractivity contribution in [2.24, 2.45) is 4.99 Å². The molecule has 0 aliphatic carbocycles. The van der Waals surface area contributed by atoms with Crippen molar-refractivity contribution in [1.29, 1.82) is 0 Å². The zero-order valence-corrected chi connectivity index (χ0v) is 19.1. The van der Waals surface area contributed by atoms with Crippen LogP contribution in [0.4, 0.5) is 5.69 Å². The van der Waals surface area contributed by atoms with Crippen LogP contribution in [0.5, 0.6) is 11.5 Å². The molecule has 1 fully saturated rings. The summed E-state index contributed by atoms with van der Waals surface area (Å²) in [6.45, 7) is 6.36. The first-order valence-electron chi connectivity index (χ1n) is 11.7. The Morgan fingerprint density at radius 2 is 1.67 bits per heavy atom. The number of amidine groups is 1. The zero-order chi connectivity index (χ0) is 22.8. The van der Waals surface area contributed by atoms with Crippen LogP contribution in [0.15, 0.2) is 83.9 Å². The second-order valence-electron chi connectivity index (χ2n) is 8.70. The van der Waals surface area contributed by atoms with Crippen molar-refractivity contribution >= 4 is 17.4 Å². The molecular formula is C28H29N3O2. The fourth-order valence-electron chi connectivity index (χ4n) is 4.83. The summed E-state index contributed by atoms with van der Waals surface area (Å²) in [6, 6.07) is 26.1. The van der Waals surface area contributed by atoms with Gasteiger partial charge in [0.25, 0.3) is 0 Å². The molecule has 0 N–H and O–H groups in total. The van der Waals surface area contributed by atoms with E-state index >= 15 is 0 Å². The van der Waals surface area contributed by atoms with Crippen molar-refractivity contribution < 1.29 is 9.53 Å². The highest BCUT2D eigenvalue weighted by Gasteiger charge is 2.34. The van der Waals surface area contributed by atoms with Crippen LogP contribution in [0.25, 0.3) is 0 Å². The topological polar surface area (TPSA) is 45.1 Å². The van der Waals surface area contributed by atoms with E-state index in [9.17, 15) is 4.79 Å². The molecular weight excluding hydrogens is 410 g/mol. The van der Waals surface area contributed by atoms with Crippen molar-refractivity contribution in [2.75, 3.05) is 19.6 Å². The number of para-hydroxylation sites is 3. The fraction of sp³-hybridized carbons (Fsp3) is 0.286. The first kappa shape index (κ1) is 21.3. The summed E-state index contributed by atoms with van der Waals surface area (Å²) in [5.74, 6) is 2.59. The lowest BCUT2D eigenvalue weighted by atomic mass is 9.94. The molecule has 5 rings (SSSR count). The van der Waals surface area contributed by atoms with Gasteiger partial charge >= 0.3 is 0 Å². The Hall–Kier alpha value is -3.60. The first-order chi connectivity index (χ1) is 16.2. The summed E-state index contributed by atoms with van der Waals surface area (Å²) in [4.78, 5) is 22.9. The Labute approximate surface area is 195 Å². The number of benzene rings is 3. The standard InChI is InChI=1S/C28H29N3O2/c1-3-22(21-11-5-4-6-12-21)28(32)31-18-17-30(19-20(31)2)27-23-13-7-9-15-25(23)33-26-16-10-8-14-24(26)29-27/h4-16,20,22H,3,17-19H2,1-2H3. The van der Waals surface area contributed by atoms with Gasteiger partial charge in [-0.15, -0.1) is 0 Å². The van der Waals surface area contributed by atoms with E-state index < -0.39 is 0 Å². The number of hydrogen-bond donors (Lipinski definition) is 0. The number of carbonyl (C=O) groups excluding carboxylic acids is 1. The van der Waals surface area contributed by atoms with Crippen LogP contribution in [0.2, 0.25) is 0 Å². The minimum absolute atomic E-state index is 0.0817. The number of rotatable bonds is 3. The van der Waals surface area contributed by atoms with Crippen LogP contribution in [0.1, 0.15) is 37.3 Å². The van der Waals surface area contributed by atoms with E-state index in [1.165, 1.54) is 0 Å². The lowest BCUT2D eigenvalue weighted by Gasteiger charge is -2.42. The number of hydrogen-bond acceptors (Lipinski definition) is 4. The van der Waals surface area contributed by atoms with Crippen LogP contribution in [0.3, 0.4) is 0 Å². The van der Waals surface area contributed by atoms with Crippen LogP contribution in [-0.4, -0.2) is 47.2 Å². The molecule has 5 heteroatoms. The number of carbonyl (C=O) groups is 1. The fourth-order valence-corrected chi connectivity index (χ4v) is 4.83. The number of aliphatic imine (C=N–C) groups is 1. The normalized spacial score (nSPS) is 18.4. The van der Waals surface area contributed by atoms with Gasteiger partial charge in [-0.1, -0.05) is 61.5 Å². The van der Waals surface area contributed by atoms with Gasteiger partial charge in [-0.25, -0.2) is 4.99 Å². The Morgan fingerprint density at radius 1 is 0.970 bits per heavy atom. The predicted molar refractivity (Wildman–Crippen MR) is 131 cm³/mol. The monoisotopic (exact) mass is 439 g/mol. The van der Waals surface area contributed by atoms with Gasteiger partial charge in [-0.05, 0) is 43.2 Å². The molecule has 3 aromatic rings. The molecule has 5 nitrogen and oxygen atoms in total. The maximum Gasteiger partial charge on any atom is 0.230 e. The van der Waals surface area contributed by atoms with Crippen molar-refractivity contribution in [3.63, 3.8) is 0 Å². The summed E-state index contributed by atoms with van der Waals surface area (Å²) in [7, 11) is 0. The van der Waals surface area contributed by atoms with Crippen molar-refractivity contribution in [1.82, 2.24) is 9.80 Å². The van der Waals surface area contributed by atoms with Crippen molar-refractivity contribution in [2.45, 2.75) is 32.2 Å². The Kier molecular flexibility index (Phi) is 5.86. The van der Waals surface area contributed by atoms with Crippen LogP contribution < -0.4 is 4.74 Å². The molecule has 1 saturated heterocycles. The molecule has 2 heterocycles. The summed E-state index contributed by atoms with van der Waals surface area (Å²) in [5.41, 5.74) is 2.90. The number of nitrogens with zero attached hydrogens (tertiary/aromatic N) is 3. The van der Waals surface area contributed by atoms with Gasteiger partial charge in [0.1, 0.15) is 17.3 Å². The molecule has 2 aliphatic heterocycles. The zero-order valence-electron chi connectivity index (χ0n) is 19.1. The van der Waals surface area contributed by atoms with Gasteiger partial charge in [-0.2, -0.15) is 0 Å². The highest BCUT2D eigenvalue weighted by molar-refractivity contribution is 6.04. The van der Waals surface area contributed by atoms with Crippen molar-refractivity contribution in [3.8, 4) is 11.5 Å². The third-order valence-corrected chi connectivity index (χ3v) is 6.56. The Bertz CT molecular complexity index is 1170. The molecule has 0 aromatic heterocycles. The molecule has 2 aliphatic rings. The molecule has 3 aromatic carbocycles. The third kappa shape index (κ3) is 4.11. The molecule has 0 saturated carbocycles. The molecule has 0 spiro atoms. The van der Waals surface area contributed by atoms with Crippen LogP contribution >= 0.6 is 0 Å². The van der Waals surface area contributed by atoms with Gasteiger partial charge in [0.15, 0.2) is 5.75 Å². The smallest absolute Gasteiger partial charge is 0.230 e. The first-order valence-corrected chi connectivity index (χ1v) is 11.7. The third-order valence-electron chi connectivity index (χ3n) is 6.56. The van der Waals surface area contributed by atoms with Gasteiger partial charge in [0.05, 0.1) is 11.5 Å². The second kappa shape index (κ2) is 9.10. The SMILES string of the molecule is CCC(C(=O)N1CCN(C2=Nc3ccccc3Oc3ccccc32)CC1C)c1ccccc1. The molecule has 0 radical (unpaired) electrons. The highest BCUT2D eigenvalue weighted by Crippen LogP contribution is 2.38. The largest absolute Gasteiger partial charge is 0.454 e. The average molecular weight is 440 g/mol. The molecule has 168 valence electrons. The van der Waals surface area contributed by atoms with E-state index in [0.29, 0.717) is 6.54 Å². The van der Waals surface area contributed by atoms with E-state index in [4.69, 9.17) is 9.73 Å². The van der Waals surface area contributed by atoms with E-state index in [1.807, 2.05) is 65.6 Å². The summed E-state index contributed by atoms with van der Waals surface area (Å²) in [5, 5.41) is 0. The quantitative estimate of drug-likeness (QED) is 0.534. The Morgan fingerprint density at radius 3 is 2.42 bits per heavy atom. The summed E-state index contributed by atoms with van der Waals surface area (Å²) in [6.07, 6.45) is 0.796. The highest BCUT2D eigenvalue weighted by atomic mass is 16.5. The van der Waals surface area contributed by atoms with Gasteiger partial charge < -0.3 is 14.5 Å². The van der Waals surface area contributed by atoms with E-state index in [1.54, 1.807) is 0 Å². The van der Waals surface area contributed by atoms with Crippen LogP contribution in [-0.2, 0) is 4.79 Å². The molecule has 0 bridgehead atoms. The Balaban J connectivity index is 1.41. The summed E-state index contributed by atoms with van der Waals surface area (Å²) < 4.78 is 6.20. The second-order valence-corrected chi connectivity index (χ2v) is 8.70. The van der Waals surface area contributed by atoms with Gasteiger partial charge in [0.2, 0.25) is 5.91 Å². The van der Waals surface area contributed by atoms with E-state index in [-0.39, 0.29) is 17.9 Å². The molecule has 33 heavy (non-hydrogen) atoms. The predicted octanol–water partition coefficient (Wildman–Crippen LogP) is 5.60. The minimum atomic E-state index is -0.101. The maximum atomic E-state index is 13.5. The summed E-state index contributed by atoms with van der Waals surface area (Å²) >= 11 is 0. The molecule has 1 amide bonds. The van der Waals surface area contributed by atoms with E-state index in [0.717, 1.165) is 53.7 Å². The number of amides is 1. The number of fused-ring (bicyclic) bond motifs is 2. The van der Waals surface area contributed by atoms with Crippen LogP contribution in [0, 0.1) is 0 Å². The maximum absolute atomic E-state index is 13.5. The lowest BCUT2D eigenvalue weighted by molar-refractivity contribution is -0.136. The molecule has 2 atom stereocenters.